The van der Waals surface area contributed by atoms with Crippen molar-refractivity contribution in [2.45, 2.75) is 22.9 Å². The summed E-state index contributed by atoms with van der Waals surface area (Å²) in [6.45, 7) is 8.47. The van der Waals surface area contributed by atoms with Gasteiger partial charge in [-0.25, -0.2) is 0 Å². The molecule has 0 bridgehead atoms. The van der Waals surface area contributed by atoms with Gasteiger partial charge in [-0.05, 0) is 84.6 Å². The molecule has 2 nitrogen and oxygen atoms in total. The number of rotatable bonds is 4. The highest BCUT2D eigenvalue weighted by Crippen LogP contribution is 2.37. The normalized spacial score (nSPS) is 10.6. The SMILES string of the molecule is C=CC(=O)Sc1ccc(C#Cc2ccc(SC(=O)C(=C)C)cc2)cc1C(F)(F)F. The van der Waals surface area contributed by atoms with Crippen LogP contribution >= 0.6 is 23.5 Å². The van der Waals surface area contributed by atoms with Gasteiger partial charge in [-0.15, -0.1) is 0 Å². The number of carbonyl (C=O) groups excluding carboxylic acids is 2. The topological polar surface area (TPSA) is 34.1 Å². The zero-order valence-electron chi connectivity index (χ0n) is 15.3. The molecule has 0 radical (unpaired) electrons. The summed E-state index contributed by atoms with van der Waals surface area (Å²) in [7, 11) is 0. The van der Waals surface area contributed by atoms with Gasteiger partial charge in [0.15, 0.2) is 0 Å². The molecule has 29 heavy (non-hydrogen) atoms. The number of carbonyl (C=O) groups is 2. The summed E-state index contributed by atoms with van der Waals surface area (Å²) in [5.41, 5.74) is 0.278. The Morgan fingerprint density at radius 3 is 2.14 bits per heavy atom. The largest absolute Gasteiger partial charge is 0.417 e. The first-order chi connectivity index (χ1) is 13.6. The van der Waals surface area contributed by atoms with Crippen LogP contribution in [-0.2, 0) is 15.8 Å². The second kappa shape index (κ2) is 9.68. The molecule has 7 heteroatoms. The van der Waals surface area contributed by atoms with E-state index in [4.69, 9.17) is 0 Å². The van der Waals surface area contributed by atoms with Gasteiger partial charge in [-0.2, -0.15) is 13.2 Å². The molecule has 0 aromatic heterocycles. The quantitative estimate of drug-likeness (QED) is 0.332. The minimum Gasteiger partial charge on any atom is -0.282 e. The highest BCUT2D eigenvalue weighted by Gasteiger charge is 2.34. The van der Waals surface area contributed by atoms with Crippen molar-refractivity contribution >= 4 is 33.8 Å². The Morgan fingerprint density at radius 2 is 1.59 bits per heavy atom. The molecule has 2 aromatic rings. The van der Waals surface area contributed by atoms with Crippen LogP contribution < -0.4 is 0 Å². The predicted molar refractivity (Wildman–Crippen MR) is 111 cm³/mol. The van der Waals surface area contributed by atoms with E-state index in [0.29, 0.717) is 22.9 Å². The average molecular weight is 432 g/mol. The zero-order chi connectivity index (χ0) is 21.6. The first-order valence-corrected chi connectivity index (χ1v) is 9.78. The number of halogens is 3. The fourth-order valence-electron chi connectivity index (χ4n) is 2.01. The van der Waals surface area contributed by atoms with Crippen molar-refractivity contribution in [1.82, 2.24) is 0 Å². The molecule has 0 amide bonds. The monoisotopic (exact) mass is 432 g/mol. The molecular formula is C22H15F3O2S2. The van der Waals surface area contributed by atoms with Crippen LogP contribution in [0.1, 0.15) is 23.6 Å². The van der Waals surface area contributed by atoms with Crippen LogP contribution in [0.25, 0.3) is 0 Å². The molecule has 0 aliphatic carbocycles. The number of benzene rings is 2. The second-order valence-electron chi connectivity index (χ2n) is 5.78. The molecule has 0 saturated heterocycles. The first-order valence-electron chi connectivity index (χ1n) is 8.15. The van der Waals surface area contributed by atoms with E-state index in [1.807, 2.05) is 0 Å². The molecule has 0 unspecified atom stereocenters. The van der Waals surface area contributed by atoms with Crippen molar-refractivity contribution in [3.8, 4) is 11.8 Å². The number of hydrogen-bond acceptors (Lipinski definition) is 4. The maximum atomic E-state index is 13.3. The van der Waals surface area contributed by atoms with Crippen LogP contribution in [-0.4, -0.2) is 10.2 Å². The molecule has 0 aliphatic heterocycles. The third-order valence-electron chi connectivity index (χ3n) is 3.43. The second-order valence-corrected chi connectivity index (χ2v) is 7.87. The summed E-state index contributed by atoms with van der Waals surface area (Å²) in [5, 5.41) is -0.714. The van der Waals surface area contributed by atoms with E-state index in [0.717, 1.165) is 28.8 Å². The summed E-state index contributed by atoms with van der Waals surface area (Å²) in [6.07, 6.45) is -3.65. The van der Waals surface area contributed by atoms with Crippen molar-refractivity contribution in [2.24, 2.45) is 0 Å². The first kappa shape index (κ1) is 22.6. The molecule has 0 fully saturated rings. The third-order valence-corrected chi connectivity index (χ3v) is 5.41. The van der Waals surface area contributed by atoms with Gasteiger partial charge in [0.1, 0.15) is 0 Å². The lowest BCUT2D eigenvalue weighted by atomic mass is 10.1. The third kappa shape index (κ3) is 6.70. The van der Waals surface area contributed by atoms with Crippen LogP contribution in [0.2, 0.25) is 0 Å². The van der Waals surface area contributed by atoms with Gasteiger partial charge in [0.05, 0.1) is 5.56 Å². The Morgan fingerprint density at radius 1 is 1.00 bits per heavy atom. The number of thioether (sulfide) groups is 2. The van der Waals surface area contributed by atoms with Gasteiger partial charge in [0.25, 0.3) is 0 Å². The fourth-order valence-corrected chi connectivity index (χ4v) is 3.39. The van der Waals surface area contributed by atoms with Gasteiger partial charge in [0, 0.05) is 20.9 Å². The highest BCUT2D eigenvalue weighted by atomic mass is 32.2. The van der Waals surface area contributed by atoms with E-state index in [2.05, 4.69) is 25.0 Å². The lowest BCUT2D eigenvalue weighted by molar-refractivity contribution is -0.139. The van der Waals surface area contributed by atoms with Gasteiger partial charge in [-0.1, -0.05) is 25.0 Å². The van der Waals surface area contributed by atoms with E-state index < -0.39 is 16.9 Å². The molecule has 0 saturated carbocycles. The van der Waals surface area contributed by atoms with Crippen molar-refractivity contribution in [3.05, 3.63) is 84.0 Å². The van der Waals surface area contributed by atoms with Gasteiger partial charge in [-0.3, -0.25) is 9.59 Å². The van der Waals surface area contributed by atoms with Crippen molar-refractivity contribution in [1.29, 1.82) is 0 Å². The van der Waals surface area contributed by atoms with Crippen LogP contribution in [0.4, 0.5) is 13.2 Å². The van der Waals surface area contributed by atoms with Crippen molar-refractivity contribution in [2.75, 3.05) is 0 Å². The van der Waals surface area contributed by atoms with Crippen molar-refractivity contribution < 1.29 is 22.8 Å². The molecule has 0 heterocycles. The fraction of sp³-hybridized carbons (Fsp3) is 0.0909. The van der Waals surface area contributed by atoms with Crippen molar-refractivity contribution in [3.63, 3.8) is 0 Å². The van der Waals surface area contributed by atoms with E-state index in [-0.39, 0.29) is 15.6 Å². The minimum atomic E-state index is -4.61. The molecule has 2 rings (SSSR count). The lowest BCUT2D eigenvalue weighted by Crippen LogP contribution is -2.08. The molecule has 148 valence electrons. The van der Waals surface area contributed by atoms with Crippen LogP contribution in [0, 0.1) is 11.8 Å². The number of hydrogen-bond donors (Lipinski definition) is 0. The molecule has 0 aliphatic rings. The Kier molecular flexibility index (Phi) is 7.54. The highest BCUT2D eigenvalue weighted by molar-refractivity contribution is 8.14. The maximum Gasteiger partial charge on any atom is 0.417 e. The zero-order valence-corrected chi connectivity index (χ0v) is 16.9. The molecular weight excluding hydrogens is 417 g/mol. The van der Waals surface area contributed by atoms with Gasteiger partial charge < -0.3 is 0 Å². The van der Waals surface area contributed by atoms with Crippen LogP contribution in [0.15, 0.2) is 77.1 Å². The Bertz CT molecular complexity index is 1030. The summed E-state index contributed by atoms with van der Waals surface area (Å²) in [4.78, 5) is 23.6. The Labute approximate surface area is 175 Å². The van der Waals surface area contributed by atoms with E-state index in [1.165, 1.54) is 12.1 Å². The molecule has 0 spiro atoms. The van der Waals surface area contributed by atoms with Crippen LogP contribution in [0.5, 0.6) is 0 Å². The lowest BCUT2D eigenvalue weighted by Gasteiger charge is -2.11. The summed E-state index contributed by atoms with van der Waals surface area (Å²) in [5.74, 6) is 5.49. The Hall–Kier alpha value is -2.69. The number of alkyl halides is 3. The van der Waals surface area contributed by atoms with Gasteiger partial charge in [0.2, 0.25) is 10.2 Å². The Balaban J connectivity index is 2.25. The predicted octanol–water partition coefficient (Wildman–Crippen LogP) is 6.10. The van der Waals surface area contributed by atoms with E-state index in [1.54, 1.807) is 31.2 Å². The van der Waals surface area contributed by atoms with E-state index in [9.17, 15) is 22.8 Å². The summed E-state index contributed by atoms with van der Waals surface area (Å²) >= 11 is 1.51. The minimum absolute atomic E-state index is 0.142. The summed E-state index contributed by atoms with van der Waals surface area (Å²) in [6, 6.07) is 10.3. The van der Waals surface area contributed by atoms with Gasteiger partial charge >= 0.3 is 6.18 Å². The standard InChI is InChI=1S/C22H15F3O2S2/c1-4-20(26)29-19-12-9-16(13-18(19)22(23,24)25)6-5-15-7-10-17(11-8-15)28-21(27)14(2)3/h4,7-13H,1-2H2,3H3. The average Bonchev–Trinajstić information content (AvgIpc) is 2.67. The smallest absolute Gasteiger partial charge is 0.282 e. The molecule has 2 aromatic carbocycles. The molecule has 0 N–H and O–H groups in total. The summed E-state index contributed by atoms with van der Waals surface area (Å²) < 4.78 is 40.0. The molecule has 0 atom stereocenters. The van der Waals surface area contributed by atoms with Crippen LogP contribution in [0.3, 0.4) is 0 Å². The maximum absolute atomic E-state index is 13.3. The van der Waals surface area contributed by atoms with E-state index >= 15 is 0 Å².